The zero-order valence-electron chi connectivity index (χ0n) is 22.3. The highest BCUT2D eigenvalue weighted by molar-refractivity contribution is 7.86. The van der Waals surface area contributed by atoms with Crippen LogP contribution in [0.4, 0.5) is 0 Å². The average Bonchev–Trinajstić information content (AvgIpc) is 2.93. The number of rotatable bonds is 16. The van der Waals surface area contributed by atoms with E-state index in [1.54, 1.807) is 37.4 Å². The first-order chi connectivity index (χ1) is 18.0. The molecule has 4 nitrogen and oxygen atoms in total. The molecule has 0 aliphatic rings. The lowest BCUT2D eigenvalue weighted by molar-refractivity contribution is -0.597. The van der Waals surface area contributed by atoms with Gasteiger partial charge in [-0.05, 0) is 55.0 Å². The molecule has 6 heteroatoms. The quantitative estimate of drug-likeness (QED) is 0.124. The Labute approximate surface area is 235 Å². The molecule has 0 saturated carbocycles. The van der Waals surface area contributed by atoms with Gasteiger partial charge in [0.1, 0.15) is 5.75 Å². The van der Waals surface area contributed by atoms with Gasteiger partial charge in [0, 0.05) is 0 Å². The van der Waals surface area contributed by atoms with E-state index >= 15 is 0 Å². The summed E-state index contributed by atoms with van der Waals surface area (Å²) in [5.74, 6) is 0.927. The predicted octanol–water partition coefficient (Wildman–Crippen LogP) is 5.14. The molecule has 0 N–H and O–H groups in total. The van der Waals surface area contributed by atoms with Crippen LogP contribution in [0.15, 0.2) is 89.8 Å². The van der Waals surface area contributed by atoms with Crippen molar-refractivity contribution < 1.29 is 38.5 Å². The van der Waals surface area contributed by atoms with Crippen LogP contribution in [0.3, 0.4) is 0 Å². The van der Waals surface area contributed by atoms with Crippen molar-refractivity contribution in [1.29, 1.82) is 0 Å². The highest BCUT2D eigenvalue weighted by Crippen LogP contribution is 2.14. The Balaban J connectivity index is 0.000000278. The molecule has 0 spiro atoms. The fourth-order valence-corrected chi connectivity index (χ4v) is 6.83. The molecule has 0 radical (unpaired) electrons. The molecular formula is C31H42IO4S+. The lowest BCUT2D eigenvalue weighted by Crippen LogP contribution is -3.61. The van der Waals surface area contributed by atoms with Crippen LogP contribution in [0.25, 0.3) is 0 Å². The number of methoxy groups -OCH3 is 1. The Bertz CT molecular complexity index is 1060. The molecule has 0 heterocycles. The standard InChI is InChI=1S/C18H30O3S.C13H12IO/c1-2-3-4-5-6-7-8-9-10-14-17-21-22(19,20)18-15-12-11-13-16-18;1-15-13-9-7-12(8-10-13)14-11-5-3-2-4-6-11/h11-13,15-16H,2-10,14,17H2,1H3;2-10H,1H3/q;+1. The molecule has 0 fully saturated rings. The number of benzene rings is 3. The van der Waals surface area contributed by atoms with Crippen LogP contribution in [-0.2, 0) is 14.3 Å². The third kappa shape index (κ3) is 14.0. The van der Waals surface area contributed by atoms with Crippen molar-refractivity contribution in [2.75, 3.05) is 13.7 Å². The van der Waals surface area contributed by atoms with Gasteiger partial charge >= 0.3 is 21.2 Å². The highest BCUT2D eigenvalue weighted by Gasteiger charge is 2.14. The molecule has 202 valence electrons. The Morgan fingerprint density at radius 3 is 1.65 bits per heavy atom. The monoisotopic (exact) mass is 637 g/mol. The van der Waals surface area contributed by atoms with E-state index < -0.39 is 10.1 Å². The summed E-state index contributed by atoms with van der Waals surface area (Å²) >= 11 is -0.0449. The van der Waals surface area contributed by atoms with E-state index in [1.807, 2.05) is 12.1 Å². The first-order valence-corrected chi connectivity index (χ1v) is 16.9. The van der Waals surface area contributed by atoms with E-state index in [0.717, 1.165) is 18.6 Å². The van der Waals surface area contributed by atoms with Crippen molar-refractivity contribution in [3.63, 3.8) is 0 Å². The summed E-state index contributed by atoms with van der Waals surface area (Å²) in [7, 11) is -1.87. The fourth-order valence-electron chi connectivity index (χ4n) is 3.65. The van der Waals surface area contributed by atoms with E-state index in [1.165, 1.54) is 58.5 Å². The van der Waals surface area contributed by atoms with Crippen LogP contribution in [0.2, 0.25) is 0 Å². The normalized spacial score (nSPS) is 11.0. The molecule has 0 unspecified atom stereocenters. The largest absolute Gasteiger partial charge is 0.497 e. The molecule has 0 bridgehead atoms. The molecule has 0 amide bonds. The molecule has 0 saturated heterocycles. The minimum atomic E-state index is -3.57. The van der Waals surface area contributed by atoms with Crippen molar-refractivity contribution in [1.82, 2.24) is 0 Å². The van der Waals surface area contributed by atoms with Crippen LogP contribution in [0, 0.1) is 7.14 Å². The lowest BCUT2D eigenvalue weighted by atomic mass is 10.1. The van der Waals surface area contributed by atoms with Crippen molar-refractivity contribution in [3.8, 4) is 5.75 Å². The Morgan fingerprint density at radius 1 is 0.622 bits per heavy atom. The molecule has 0 aromatic heterocycles. The van der Waals surface area contributed by atoms with Gasteiger partial charge in [-0.1, -0.05) is 101 Å². The summed E-state index contributed by atoms with van der Waals surface area (Å²) in [4.78, 5) is 0.238. The van der Waals surface area contributed by atoms with Crippen LogP contribution >= 0.6 is 0 Å². The SMILES string of the molecule is CCCCCCCCCCCCOS(=O)(=O)c1ccccc1.COc1ccc([I+]c2ccccc2)cc1. The Kier molecular flexibility index (Phi) is 16.3. The number of unbranched alkanes of at least 4 members (excludes halogenated alkanes) is 9. The molecule has 0 atom stereocenters. The lowest BCUT2D eigenvalue weighted by Gasteiger charge is -2.05. The van der Waals surface area contributed by atoms with Crippen LogP contribution < -0.4 is 25.9 Å². The summed E-state index contributed by atoms with van der Waals surface area (Å²) in [6, 6.07) is 27.3. The maximum absolute atomic E-state index is 11.9. The van der Waals surface area contributed by atoms with Gasteiger partial charge in [0.2, 0.25) is 0 Å². The third-order valence-corrected chi connectivity index (χ3v) is 9.78. The predicted molar refractivity (Wildman–Crippen MR) is 148 cm³/mol. The van der Waals surface area contributed by atoms with Crippen molar-refractivity contribution in [2.24, 2.45) is 0 Å². The second-order valence-corrected chi connectivity index (χ2v) is 13.5. The maximum atomic E-state index is 11.9. The smallest absolute Gasteiger partial charge is 0.357 e. The molecular weight excluding hydrogens is 595 g/mol. The van der Waals surface area contributed by atoms with Gasteiger partial charge in [0.15, 0.2) is 7.14 Å². The zero-order valence-corrected chi connectivity index (χ0v) is 25.3. The summed E-state index contributed by atoms with van der Waals surface area (Å²) in [5, 5.41) is 0. The minimum absolute atomic E-state index is 0.0449. The molecule has 0 aliphatic heterocycles. The second-order valence-electron chi connectivity index (χ2n) is 8.82. The van der Waals surface area contributed by atoms with Gasteiger partial charge in [-0.2, -0.15) is 8.42 Å². The fraction of sp³-hybridized carbons (Fsp3) is 0.419. The summed E-state index contributed by atoms with van der Waals surface area (Å²) in [6.07, 6.45) is 12.3. The van der Waals surface area contributed by atoms with E-state index in [9.17, 15) is 8.42 Å². The molecule has 0 aliphatic carbocycles. The van der Waals surface area contributed by atoms with Crippen LogP contribution in [-0.4, -0.2) is 22.1 Å². The van der Waals surface area contributed by atoms with Crippen LogP contribution in [0.5, 0.6) is 5.75 Å². The number of halogens is 1. The van der Waals surface area contributed by atoms with Crippen molar-refractivity contribution in [3.05, 3.63) is 92.1 Å². The maximum Gasteiger partial charge on any atom is 0.357 e. The van der Waals surface area contributed by atoms with Crippen molar-refractivity contribution in [2.45, 2.75) is 76.0 Å². The molecule has 3 rings (SSSR count). The molecule has 3 aromatic rings. The molecule has 37 heavy (non-hydrogen) atoms. The van der Waals surface area contributed by atoms with Gasteiger partial charge in [0.05, 0.1) is 18.6 Å². The summed E-state index contributed by atoms with van der Waals surface area (Å²) in [6.45, 7) is 2.52. The van der Waals surface area contributed by atoms with Gasteiger partial charge in [0.25, 0.3) is 10.1 Å². The van der Waals surface area contributed by atoms with E-state index in [0.29, 0.717) is 0 Å². The van der Waals surface area contributed by atoms with E-state index in [-0.39, 0.29) is 32.7 Å². The summed E-state index contributed by atoms with van der Waals surface area (Å²) < 4.78 is 36.8. The van der Waals surface area contributed by atoms with Crippen molar-refractivity contribution >= 4 is 10.1 Å². The van der Waals surface area contributed by atoms with Gasteiger partial charge in [-0.3, -0.25) is 4.18 Å². The Hall–Kier alpha value is -1.90. The van der Waals surface area contributed by atoms with Gasteiger partial charge in [-0.15, -0.1) is 0 Å². The Morgan fingerprint density at radius 2 is 1.11 bits per heavy atom. The number of hydrogen-bond acceptors (Lipinski definition) is 4. The molecule has 3 aromatic carbocycles. The number of ether oxygens (including phenoxy) is 1. The highest BCUT2D eigenvalue weighted by atomic mass is 127. The number of hydrogen-bond donors (Lipinski definition) is 0. The minimum Gasteiger partial charge on any atom is -0.497 e. The second kappa shape index (κ2) is 19.2. The van der Waals surface area contributed by atoms with E-state index in [4.69, 9.17) is 8.92 Å². The first kappa shape index (κ1) is 31.3. The third-order valence-electron chi connectivity index (χ3n) is 5.77. The topological polar surface area (TPSA) is 52.6 Å². The first-order valence-electron chi connectivity index (χ1n) is 13.3. The van der Waals surface area contributed by atoms with Crippen LogP contribution in [0.1, 0.15) is 71.1 Å². The van der Waals surface area contributed by atoms with E-state index in [2.05, 4.69) is 49.4 Å². The zero-order chi connectivity index (χ0) is 26.6. The summed E-state index contributed by atoms with van der Waals surface area (Å²) in [5.41, 5.74) is 0. The average molecular weight is 638 g/mol. The van der Waals surface area contributed by atoms with Gasteiger partial charge < -0.3 is 4.74 Å². The van der Waals surface area contributed by atoms with Gasteiger partial charge in [-0.25, -0.2) is 0 Å².